The van der Waals surface area contributed by atoms with E-state index in [1.165, 1.54) is 18.4 Å². The van der Waals surface area contributed by atoms with Gasteiger partial charge in [0.2, 0.25) is 10.0 Å². The molecule has 1 unspecified atom stereocenters. The SMILES string of the molecule is CCC(COC)Nc1cccc(S(=O)(=O)N(C)C)c1. The number of sulfonamides is 1. The molecule has 0 aliphatic heterocycles. The minimum absolute atomic E-state index is 0.169. The smallest absolute Gasteiger partial charge is 0.242 e. The summed E-state index contributed by atoms with van der Waals surface area (Å²) in [7, 11) is 1.30. The Labute approximate surface area is 115 Å². The molecule has 108 valence electrons. The molecule has 0 aliphatic carbocycles. The van der Waals surface area contributed by atoms with Crippen molar-refractivity contribution < 1.29 is 13.2 Å². The largest absolute Gasteiger partial charge is 0.383 e. The molecule has 0 amide bonds. The molecule has 0 aromatic heterocycles. The molecular weight excluding hydrogens is 264 g/mol. The van der Waals surface area contributed by atoms with E-state index in [4.69, 9.17) is 4.74 Å². The summed E-state index contributed by atoms with van der Waals surface area (Å²) < 4.78 is 30.4. The minimum Gasteiger partial charge on any atom is -0.383 e. The number of anilines is 1. The Morgan fingerprint density at radius 3 is 2.58 bits per heavy atom. The van der Waals surface area contributed by atoms with E-state index >= 15 is 0 Å². The molecule has 1 N–H and O–H groups in total. The van der Waals surface area contributed by atoms with E-state index in [0.29, 0.717) is 6.61 Å². The van der Waals surface area contributed by atoms with Crippen molar-refractivity contribution in [2.24, 2.45) is 0 Å². The molecule has 0 fully saturated rings. The minimum atomic E-state index is -3.39. The molecule has 0 bridgehead atoms. The quantitative estimate of drug-likeness (QED) is 0.830. The highest BCUT2D eigenvalue weighted by Crippen LogP contribution is 2.19. The third-order valence-electron chi connectivity index (χ3n) is 2.84. The number of nitrogens with one attached hydrogen (secondary N) is 1. The second-order valence-corrected chi connectivity index (χ2v) is 6.67. The van der Waals surface area contributed by atoms with E-state index in [9.17, 15) is 8.42 Å². The highest BCUT2D eigenvalue weighted by molar-refractivity contribution is 7.89. The molecule has 0 spiro atoms. The fourth-order valence-electron chi connectivity index (χ4n) is 1.66. The van der Waals surface area contributed by atoms with Crippen LogP contribution in [0.4, 0.5) is 5.69 Å². The summed E-state index contributed by atoms with van der Waals surface area (Å²) in [4.78, 5) is 0.287. The first kappa shape index (κ1) is 15.9. The van der Waals surface area contributed by atoms with Crippen LogP contribution in [0.25, 0.3) is 0 Å². The van der Waals surface area contributed by atoms with Crippen LogP contribution in [0.2, 0.25) is 0 Å². The van der Waals surface area contributed by atoms with E-state index in [-0.39, 0.29) is 10.9 Å². The lowest BCUT2D eigenvalue weighted by Gasteiger charge is -2.18. The molecule has 1 aromatic rings. The number of rotatable bonds is 7. The van der Waals surface area contributed by atoms with Gasteiger partial charge in [-0.05, 0) is 24.6 Å². The Bertz CT molecular complexity index is 500. The molecule has 1 atom stereocenters. The van der Waals surface area contributed by atoms with Gasteiger partial charge in [0.25, 0.3) is 0 Å². The van der Waals surface area contributed by atoms with Crippen LogP contribution in [0, 0.1) is 0 Å². The van der Waals surface area contributed by atoms with Gasteiger partial charge in [-0.25, -0.2) is 12.7 Å². The maximum absolute atomic E-state index is 12.0. The van der Waals surface area contributed by atoms with Crippen molar-refractivity contribution in [1.82, 2.24) is 4.31 Å². The van der Waals surface area contributed by atoms with Crippen LogP contribution in [0.15, 0.2) is 29.2 Å². The van der Waals surface area contributed by atoms with Gasteiger partial charge < -0.3 is 10.1 Å². The normalized spacial score (nSPS) is 13.5. The molecule has 5 nitrogen and oxygen atoms in total. The Morgan fingerprint density at radius 2 is 2.05 bits per heavy atom. The van der Waals surface area contributed by atoms with Crippen LogP contribution in [-0.4, -0.2) is 46.6 Å². The van der Waals surface area contributed by atoms with Crippen molar-refractivity contribution in [1.29, 1.82) is 0 Å². The number of ether oxygens (including phenoxy) is 1. The van der Waals surface area contributed by atoms with Crippen LogP contribution in [0.1, 0.15) is 13.3 Å². The van der Waals surface area contributed by atoms with E-state index in [0.717, 1.165) is 12.1 Å². The molecule has 6 heteroatoms. The summed E-state index contributed by atoms with van der Waals surface area (Å²) in [6.45, 7) is 2.64. The molecule has 19 heavy (non-hydrogen) atoms. The van der Waals surface area contributed by atoms with E-state index in [1.807, 2.05) is 6.07 Å². The van der Waals surface area contributed by atoms with Gasteiger partial charge in [0.15, 0.2) is 0 Å². The monoisotopic (exact) mass is 286 g/mol. The topological polar surface area (TPSA) is 58.6 Å². The van der Waals surface area contributed by atoms with Crippen molar-refractivity contribution in [3.8, 4) is 0 Å². The van der Waals surface area contributed by atoms with Crippen molar-refractivity contribution >= 4 is 15.7 Å². The number of nitrogens with zero attached hydrogens (tertiary/aromatic N) is 1. The lowest BCUT2D eigenvalue weighted by molar-refractivity contribution is 0.184. The van der Waals surface area contributed by atoms with Crippen LogP contribution in [-0.2, 0) is 14.8 Å². The molecular formula is C13H22N2O3S. The van der Waals surface area contributed by atoms with Gasteiger partial charge in [0.05, 0.1) is 11.5 Å². The van der Waals surface area contributed by atoms with Gasteiger partial charge in [0.1, 0.15) is 0 Å². The summed E-state index contributed by atoms with van der Waals surface area (Å²) in [6.07, 6.45) is 0.901. The molecule has 1 rings (SSSR count). The Hall–Kier alpha value is -1.11. The standard InChI is InChI=1S/C13H22N2O3S/c1-5-11(10-18-4)14-12-7-6-8-13(9-12)19(16,17)15(2)3/h6-9,11,14H,5,10H2,1-4H3. The van der Waals surface area contributed by atoms with Gasteiger partial charge >= 0.3 is 0 Å². The lowest BCUT2D eigenvalue weighted by atomic mass is 10.2. The highest BCUT2D eigenvalue weighted by Gasteiger charge is 2.17. The lowest BCUT2D eigenvalue weighted by Crippen LogP contribution is -2.25. The summed E-state index contributed by atoms with van der Waals surface area (Å²) in [5.41, 5.74) is 0.784. The molecule has 0 aliphatic rings. The van der Waals surface area contributed by atoms with Gasteiger partial charge in [-0.3, -0.25) is 0 Å². The first-order valence-electron chi connectivity index (χ1n) is 6.20. The molecule has 0 heterocycles. The predicted octanol–water partition coefficient (Wildman–Crippen LogP) is 1.77. The van der Waals surface area contributed by atoms with Crippen molar-refractivity contribution in [3.05, 3.63) is 24.3 Å². The molecule has 0 saturated carbocycles. The summed E-state index contributed by atoms with van der Waals surface area (Å²) in [5.74, 6) is 0. The molecule has 1 aromatic carbocycles. The zero-order valence-corrected chi connectivity index (χ0v) is 12.7. The van der Waals surface area contributed by atoms with Crippen LogP contribution < -0.4 is 5.32 Å². The third-order valence-corrected chi connectivity index (χ3v) is 4.66. The first-order valence-corrected chi connectivity index (χ1v) is 7.64. The zero-order chi connectivity index (χ0) is 14.5. The van der Waals surface area contributed by atoms with Gasteiger partial charge in [-0.1, -0.05) is 13.0 Å². The van der Waals surface area contributed by atoms with Crippen LogP contribution in [0.3, 0.4) is 0 Å². The second-order valence-electron chi connectivity index (χ2n) is 4.52. The maximum atomic E-state index is 12.0. The molecule has 0 saturated heterocycles. The summed E-state index contributed by atoms with van der Waals surface area (Å²) in [6, 6.07) is 7.00. The second kappa shape index (κ2) is 6.88. The Morgan fingerprint density at radius 1 is 1.37 bits per heavy atom. The van der Waals surface area contributed by atoms with Crippen molar-refractivity contribution in [2.45, 2.75) is 24.3 Å². The van der Waals surface area contributed by atoms with E-state index in [1.54, 1.807) is 25.3 Å². The average molecular weight is 286 g/mol. The number of hydrogen-bond donors (Lipinski definition) is 1. The van der Waals surface area contributed by atoms with Crippen LogP contribution in [0.5, 0.6) is 0 Å². The van der Waals surface area contributed by atoms with Gasteiger partial charge in [0, 0.05) is 32.9 Å². The van der Waals surface area contributed by atoms with E-state index in [2.05, 4.69) is 12.2 Å². The summed E-state index contributed by atoms with van der Waals surface area (Å²) >= 11 is 0. The Kier molecular flexibility index (Phi) is 5.78. The predicted molar refractivity (Wildman–Crippen MR) is 76.9 cm³/mol. The number of methoxy groups -OCH3 is 1. The van der Waals surface area contributed by atoms with E-state index < -0.39 is 10.0 Å². The third kappa shape index (κ3) is 4.19. The maximum Gasteiger partial charge on any atom is 0.242 e. The van der Waals surface area contributed by atoms with Gasteiger partial charge in [-0.15, -0.1) is 0 Å². The first-order chi connectivity index (χ1) is 8.91. The average Bonchev–Trinajstić information content (AvgIpc) is 2.38. The molecule has 0 radical (unpaired) electrons. The number of hydrogen-bond acceptors (Lipinski definition) is 4. The Balaban J connectivity index is 2.95. The van der Waals surface area contributed by atoms with Gasteiger partial charge in [-0.2, -0.15) is 0 Å². The fourth-order valence-corrected chi connectivity index (χ4v) is 2.60. The van der Waals surface area contributed by atoms with Crippen molar-refractivity contribution in [3.63, 3.8) is 0 Å². The summed E-state index contributed by atoms with van der Waals surface area (Å²) in [5, 5.41) is 3.27. The zero-order valence-electron chi connectivity index (χ0n) is 11.9. The van der Waals surface area contributed by atoms with Crippen LogP contribution >= 0.6 is 0 Å². The fraction of sp³-hybridized carbons (Fsp3) is 0.538. The van der Waals surface area contributed by atoms with Crippen molar-refractivity contribution in [2.75, 3.05) is 33.1 Å². The number of benzene rings is 1. The highest BCUT2D eigenvalue weighted by atomic mass is 32.2.